The fourth-order valence-corrected chi connectivity index (χ4v) is 0.676. The number of hydrogen-bond acceptors (Lipinski definition) is 2. The number of carbonyl (C=O) groups is 1. The minimum atomic E-state index is -1.08. The summed E-state index contributed by atoms with van der Waals surface area (Å²) in [7, 11) is 0. The normalized spacial score (nSPS) is 10.8. The zero-order valence-electron chi connectivity index (χ0n) is 7.14. The molecule has 0 fully saturated rings. The largest absolute Gasteiger partial charge is 0.465 e. The number of rotatable bonds is 3. The average Bonchev–Trinajstić information content (AvgIpc) is 1.96. The van der Waals surface area contributed by atoms with Gasteiger partial charge in [0, 0.05) is 12.3 Å². The van der Waals surface area contributed by atoms with Gasteiger partial charge in [-0.2, -0.15) is 0 Å². The fraction of sp³-hybridized carbons (Fsp3) is 0.500. The van der Waals surface area contributed by atoms with Crippen LogP contribution in [0, 0.1) is 23.2 Å². The molecule has 0 saturated heterocycles. The predicted octanol–water partition coefficient (Wildman–Crippen LogP) is 0.933. The van der Waals surface area contributed by atoms with E-state index < -0.39 is 6.09 Å². The number of nitrogens with one attached hydrogen (secondary N) is 2. The van der Waals surface area contributed by atoms with Crippen molar-refractivity contribution in [3.05, 3.63) is 0 Å². The van der Waals surface area contributed by atoms with Crippen LogP contribution in [0.4, 0.5) is 4.79 Å². The smallest absolute Gasteiger partial charge is 0.404 e. The molecule has 0 bridgehead atoms. The minimum Gasteiger partial charge on any atom is -0.465 e. The van der Waals surface area contributed by atoms with Gasteiger partial charge in [-0.1, -0.05) is 5.92 Å². The van der Waals surface area contributed by atoms with Gasteiger partial charge in [-0.05, 0) is 13.8 Å². The molecule has 0 aliphatic carbocycles. The van der Waals surface area contributed by atoms with Gasteiger partial charge in [0.2, 0.25) is 0 Å². The molecule has 0 saturated carbocycles. The van der Waals surface area contributed by atoms with Crippen LogP contribution in [0.15, 0.2) is 0 Å². The molecule has 1 amide bonds. The van der Waals surface area contributed by atoms with Crippen LogP contribution < -0.4 is 5.32 Å². The zero-order valence-corrected chi connectivity index (χ0v) is 7.14. The maximum atomic E-state index is 10.1. The van der Waals surface area contributed by atoms with Crippen LogP contribution in [-0.2, 0) is 0 Å². The van der Waals surface area contributed by atoms with Gasteiger partial charge in [-0.3, -0.25) is 0 Å². The SMILES string of the molecule is CC#CC(CNC(=O)O)C(C)=N. The second-order valence-corrected chi connectivity index (χ2v) is 2.32. The first-order valence-corrected chi connectivity index (χ1v) is 3.52. The molecule has 0 spiro atoms. The van der Waals surface area contributed by atoms with Crippen molar-refractivity contribution >= 4 is 11.8 Å². The van der Waals surface area contributed by atoms with E-state index in [0.29, 0.717) is 5.71 Å². The van der Waals surface area contributed by atoms with E-state index in [1.54, 1.807) is 13.8 Å². The van der Waals surface area contributed by atoms with E-state index in [4.69, 9.17) is 10.5 Å². The number of carboxylic acid groups (broad SMARTS) is 1. The lowest BCUT2D eigenvalue weighted by atomic mass is 10.1. The van der Waals surface area contributed by atoms with E-state index in [9.17, 15) is 4.79 Å². The average molecular weight is 168 g/mol. The van der Waals surface area contributed by atoms with Gasteiger partial charge >= 0.3 is 6.09 Å². The third-order valence-electron chi connectivity index (χ3n) is 1.30. The Kier molecular flexibility index (Phi) is 4.54. The second-order valence-electron chi connectivity index (χ2n) is 2.32. The van der Waals surface area contributed by atoms with Gasteiger partial charge in [0.15, 0.2) is 0 Å². The summed E-state index contributed by atoms with van der Waals surface area (Å²) in [6.45, 7) is 3.46. The molecule has 4 heteroatoms. The molecular formula is C8H12N2O2. The Hall–Kier alpha value is -1.50. The first-order valence-electron chi connectivity index (χ1n) is 3.52. The van der Waals surface area contributed by atoms with Crippen molar-refractivity contribution in [1.82, 2.24) is 5.32 Å². The van der Waals surface area contributed by atoms with Gasteiger partial charge < -0.3 is 15.8 Å². The van der Waals surface area contributed by atoms with Crippen molar-refractivity contribution in [1.29, 1.82) is 5.41 Å². The Morgan fingerprint density at radius 3 is 2.67 bits per heavy atom. The molecule has 4 nitrogen and oxygen atoms in total. The molecule has 0 aliphatic rings. The van der Waals surface area contributed by atoms with Crippen molar-refractivity contribution in [2.24, 2.45) is 5.92 Å². The Balaban J connectivity index is 4.02. The lowest BCUT2D eigenvalue weighted by Crippen LogP contribution is -2.29. The quantitative estimate of drug-likeness (QED) is 0.433. The first kappa shape index (κ1) is 10.5. The molecule has 0 rings (SSSR count). The van der Waals surface area contributed by atoms with Crippen LogP contribution in [0.2, 0.25) is 0 Å². The molecular weight excluding hydrogens is 156 g/mol. The molecule has 0 aromatic rings. The van der Waals surface area contributed by atoms with Gasteiger partial charge in [0.1, 0.15) is 0 Å². The van der Waals surface area contributed by atoms with Crippen molar-refractivity contribution in [3.8, 4) is 11.8 Å². The van der Waals surface area contributed by atoms with Crippen LogP contribution >= 0.6 is 0 Å². The van der Waals surface area contributed by atoms with E-state index >= 15 is 0 Å². The van der Waals surface area contributed by atoms with Crippen LogP contribution in [0.3, 0.4) is 0 Å². The minimum absolute atomic E-state index is 0.186. The van der Waals surface area contributed by atoms with Crippen molar-refractivity contribution in [2.45, 2.75) is 13.8 Å². The lowest BCUT2D eigenvalue weighted by Gasteiger charge is -2.07. The topological polar surface area (TPSA) is 73.2 Å². The predicted molar refractivity (Wildman–Crippen MR) is 46.4 cm³/mol. The Bertz CT molecular complexity index is 237. The van der Waals surface area contributed by atoms with Crippen molar-refractivity contribution in [2.75, 3.05) is 6.54 Å². The van der Waals surface area contributed by atoms with Crippen molar-refractivity contribution < 1.29 is 9.90 Å². The van der Waals surface area contributed by atoms with Crippen LogP contribution in [-0.4, -0.2) is 23.5 Å². The third-order valence-corrected chi connectivity index (χ3v) is 1.30. The molecule has 1 atom stereocenters. The summed E-state index contributed by atoms with van der Waals surface area (Å²) < 4.78 is 0. The molecule has 12 heavy (non-hydrogen) atoms. The summed E-state index contributed by atoms with van der Waals surface area (Å²) in [6, 6.07) is 0. The second kappa shape index (κ2) is 5.19. The molecule has 0 aliphatic heterocycles. The van der Waals surface area contributed by atoms with Gasteiger partial charge in [0.25, 0.3) is 0 Å². The number of amides is 1. The molecule has 0 radical (unpaired) electrons. The van der Waals surface area contributed by atoms with E-state index in [1.165, 1.54) is 0 Å². The van der Waals surface area contributed by atoms with Gasteiger partial charge in [0.05, 0.1) is 5.92 Å². The Morgan fingerprint density at radius 1 is 1.75 bits per heavy atom. The third kappa shape index (κ3) is 4.34. The van der Waals surface area contributed by atoms with Crippen molar-refractivity contribution in [3.63, 3.8) is 0 Å². The fourth-order valence-electron chi connectivity index (χ4n) is 0.676. The maximum Gasteiger partial charge on any atom is 0.404 e. The Morgan fingerprint density at radius 2 is 2.33 bits per heavy atom. The highest BCUT2D eigenvalue weighted by atomic mass is 16.4. The summed E-state index contributed by atoms with van der Waals surface area (Å²) in [5.41, 5.74) is 0.373. The molecule has 0 aromatic carbocycles. The summed E-state index contributed by atoms with van der Waals surface area (Å²) in [5.74, 6) is 5.09. The molecule has 66 valence electrons. The molecule has 1 unspecified atom stereocenters. The maximum absolute atomic E-state index is 10.1. The van der Waals surface area contributed by atoms with Crippen LogP contribution in [0.5, 0.6) is 0 Å². The van der Waals surface area contributed by atoms with E-state index in [0.717, 1.165) is 0 Å². The summed E-state index contributed by atoms with van der Waals surface area (Å²) in [5, 5.41) is 17.7. The summed E-state index contributed by atoms with van der Waals surface area (Å²) >= 11 is 0. The van der Waals surface area contributed by atoms with Gasteiger partial charge in [-0.15, -0.1) is 5.92 Å². The summed E-state index contributed by atoms with van der Waals surface area (Å²) in [6.07, 6.45) is -1.08. The highest BCUT2D eigenvalue weighted by molar-refractivity contribution is 5.84. The van der Waals surface area contributed by atoms with E-state index in [2.05, 4.69) is 17.2 Å². The highest BCUT2D eigenvalue weighted by Crippen LogP contribution is 1.94. The van der Waals surface area contributed by atoms with Gasteiger partial charge in [-0.25, -0.2) is 4.79 Å². The lowest BCUT2D eigenvalue weighted by molar-refractivity contribution is 0.194. The van der Waals surface area contributed by atoms with E-state index in [-0.39, 0.29) is 12.5 Å². The molecule has 3 N–H and O–H groups in total. The van der Waals surface area contributed by atoms with E-state index in [1.807, 2.05) is 0 Å². The van der Waals surface area contributed by atoms with Crippen LogP contribution in [0.1, 0.15) is 13.8 Å². The summed E-state index contributed by atoms with van der Waals surface area (Å²) in [4.78, 5) is 10.1. The standard InChI is InChI=1S/C8H12N2O2/c1-3-4-7(6(2)9)5-10-8(11)12/h7,9-10H,5H2,1-2H3,(H,11,12). The number of hydrogen-bond donors (Lipinski definition) is 3. The van der Waals surface area contributed by atoms with Crippen LogP contribution in [0.25, 0.3) is 0 Å². The zero-order chi connectivity index (χ0) is 9.56. The molecule has 0 aromatic heterocycles. The monoisotopic (exact) mass is 168 g/mol. The molecule has 0 heterocycles. The highest BCUT2D eigenvalue weighted by Gasteiger charge is 2.07. The Labute approximate surface area is 71.5 Å². The first-order chi connectivity index (χ1) is 5.57.